The van der Waals surface area contributed by atoms with E-state index in [9.17, 15) is 14.9 Å². The normalized spacial score (nSPS) is 10.9. The third-order valence-corrected chi connectivity index (χ3v) is 6.57. The molecule has 3 rings (SSSR count). The van der Waals surface area contributed by atoms with Crippen LogP contribution in [0.5, 0.6) is 0 Å². The number of nitrogens with zero attached hydrogens (tertiary/aromatic N) is 4. The van der Waals surface area contributed by atoms with Crippen molar-refractivity contribution < 1.29 is 9.72 Å². The Labute approximate surface area is 204 Å². The van der Waals surface area contributed by atoms with E-state index >= 15 is 0 Å². The number of aromatic nitrogens is 3. The minimum Gasteiger partial charge on any atom is -0.349 e. The predicted octanol–water partition coefficient (Wildman–Crippen LogP) is 5.75. The summed E-state index contributed by atoms with van der Waals surface area (Å²) in [5.41, 5.74) is 3.13. The highest BCUT2D eigenvalue weighted by Gasteiger charge is 2.17. The van der Waals surface area contributed by atoms with E-state index in [1.54, 1.807) is 12.1 Å². The quantitative estimate of drug-likeness (QED) is 0.144. The highest BCUT2D eigenvalue weighted by atomic mass is 32.2. The highest BCUT2D eigenvalue weighted by Crippen LogP contribution is 2.27. The molecule has 9 heteroatoms. The van der Waals surface area contributed by atoms with Crippen molar-refractivity contribution in [1.82, 2.24) is 20.1 Å². The number of non-ortho nitro benzene ring substituents is 1. The lowest BCUT2D eigenvalue weighted by Gasteiger charge is -2.11. The number of hydrogen-bond donors (Lipinski definition) is 1. The van der Waals surface area contributed by atoms with Crippen LogP contribution in [0.3, 0.4) is 0 Å². The summed E-state index contributed by atoms with van der Waals surface area (Å²) < 4.78 is 1.86. The minimum atomic E-state index is -0.425. The molecule has 180 valence electrons. The number of hydrogen-bond acceptors (Lipinski definition) is 6. The summed E-state index contributed by atoms with van der Waals surface area (Å²) in [4.78, 5) is 23.0. The molecule has 3 aromatic rings. The van der Waals surface area contributed by atoms with Crippen molar-refractivity contribution in [3.05, 3.63) is 75.6 Å². The third kappa shape index (κ3) is 7.15. The number of nitro benzene ring substituents is 1. The zero-order valence-corrected chi connectivity index (χ0v) is 20.5. The lowest BCUT2D eigenvalue weighted by atomic mass is 10.1. The van der Waals surface area contributed by atoms with Crippen LogP contribution in [-0.2, 0) is 17.1 Å². The maximum absolute atomic E-state index is 12.3. The first kappa shape index (κ1) is 25.4. The number of carbonyl (C=O) groups is 1. The molecule has 0 aliphatic heterocycles. The molecule has 0 saturated carbocycles. The van der Waals surface area contributed by atoms with Gasteiger partial charge in [-0.2, -0.15) is 0 Å². The lowest BCUT2D eigenvalue weighted by Crippen LogP contribution is -2.24. The Bertz CT molecular complexity index is 1100. The molecule has 2 aromatic carbocycles. The number of benzene rings is 2. The second-order valence-electron chi connectivity index (χ2n) is 8.16. The van der Waals surface area contributed by atoms with E-state index in [0.717, 1.165) is 19.3 Å². The van der Waals surface area contributed by atoms with Gasteiger partial charge in [0.25, 0.3) is 5.69 Å². The van der Waals surface area contributed by atoms with E-state index in [1.807, 2.05) is 16.7 Å². The molecule has 0 saturated heterocycles. The summed E-state index contributed by atoms with van der Waals surface area (Å²) >= 11 is 1.54. The van der Waals surface area contributed by atoms with Crippen LogP contribution in [0.15, 0.2) is 53.7 Å². The van der Waals surface area contributed by atoms with Gasteiger partial charge in [0.05, 0.1) is 11.5 Å². The first-order valence-electron chi connectivity index (χ1n) is 11.6. The standard InChI is InChI=1S/C25H31N5O3S/c1-3-4-5-6-7-12-24(31)26-17-23-27-28-25(34-18-20-11-9-8-10-19(20)2)29(23)21-13-15-22(16-14-21)30(32)33/h8-11,13-16H,3-7,12,17-18H2,1-2H3,(H,26,31). The van der Waals surface area contributed by atoms with E-state index in [1.165, 1.54) is 47.9 Å². The largest absolute Gasteiger partial charge is 0.349 e. The zero-order valence-electron chi connectivity index (χ0n) is 19.7. The number of rotatable bonds is 13. The molecule has 0 radical (unpaired) electrons. The van der Waals surface area contributed by atoms with Crippen molar-refractivity contribution in [2.45, 2.75) is 69.8 Å². The van der Waals surface area contributed by atoms with Gasteiger partial charge in [0.15, 0.2) is 11.0 Å². The lowest BCUT2D eigenvalue weighted by molar-refractivity contribution is -0.384. The molecule has 0 aliphatic carbocycles. The Morgan fingerprint density at radius 1 is 1.06 bits per heavy atom. The molecule has 0 spiro atoms. The first-order chi connectivity index (χ1) is 16.5. The molecule has 0 bridgehead atoms. The monoisotopic (exact) mass is 481 g/mol. The van der Waals surface area contributed by atoms with Crippen molar-refractivity contribution in [1.29, 1.82) is 0 Å². The third-order valence-electron chi connectivity index (χ3n) is 5.59. The predicted molar refractivity (Wildman–Crippen MR) is 134 cm³/mol. The van der Waals surface area contributed by atoms with E-state index < -0.39 is 4.92 Å². The first-order valence-corrected chi connectivity index (χ1v) is 12.6. The number of aryl methyl sites for hydroxylation is 1. The van der Waals surface area contributed by atoms with Crippen molar-refractivity contribution >= 4 is 23.4 Å². The molecular weight excluding hydrogens is 450 g/mol. The van der Waals surface area contributed by atoms with Gasteiger partial charge < -0.3 is 5.32 Å². The van der Waals surface area contributed by atoms with E-state index in [0.29, 0.717) is 28.8 Å². The number of amides is 1. The summed E-state index contributed by atoms with van der Waals surface area (Å²) in [6, 6.07) is 14.4. The maximum atomic E-state index is 12.3. The number of thioether (sulfide) groups is 1. The fraction of sp³-hybridized carbons (Fsp3) is 0.400. The van der Waals surface area contributed by atoms with Gasteiger partial charge in [0, 0.05) is 30.0 Å². The van der Waals surface area contributed by atoms with Crippen molar-refractivity contribution in [2.75, 3.05) is 0 Å². The van der Waals surface area contributed by atoms with Gasteiger partial charge in [0.1, 0.15) is 0 Å². The van der Waals surface area contributed by atoms with Gasteiger partial charge in [-0.15, -0.1) is 10.2 Å². The smallest absolute Gasteiger partial charge is 0.269 e. The van der Waals surface area contributed by atoms with Crippen LogP contribution < -0.4 is 5.32 Å². The zero-order chi connectivity index (χ0) is 24.3. The molecule has 0 fully saturated rings. The molecule has 1 amide bonds. The molecule has 1 aromatic heterocycles. The average Bonchev–Trinajstić information content (AvgIpc) is 3.25. The van der Waals surface area contributed by atoms with Crippen LogP contribution in [0, 0.1) is 17.0 Å². The number of unbranched alkanes of at least 4 members (excludes halogenated alkanes) is 4. The second-order valence-corrected chi connectivity index (χ2v) is 9.11. The maximum Gasteiger partial charge on any atom is 0.269 e. The van der Waals surface area contributed by atoms with Gasteiger partial charge in [-0.1, -0.05) is 68.6 Å². The summed E-state index contributed by atoms with van der Waals surface area (Å²) in [6.07, 6.45) is 5.94. The summed E-state index contributed by atoms with van der Waals surface area (Å²) in [5.74, 6) is 1.28. The van der Waals surface area contributed by atoms with E-state index in [2.05, 4.69) is 41.5 Å². The molecule has 1 heterocycles. The Kier molecular flexibility index (Phi) is 9.63. The SMILES string of the molecule is CCCCCCCC(=O)NCc1nnc(SCc2ccccc2C)n1-c1ccc([N+](=O)[O-])cc1. The van der Waals surface area contributed by atoms with E-state index in [4.69, 9.17) is 0 Å². The van der Waals surface area contributed by atoms with Crippen molar-refractivity contribution in [3.8, 4) is 5.69 Å². The second kappa shape index (κ2) is 12.9. The van der Waals surface area contributed by atoms with Crippen LogP contribution in [0.25, 0.3) is 5.69 Å². The Hall–Kier alpha value is -3.20. The van der Waals surface area contributed by atoms with Gasteiger partial charge in [-0.05, 0) is 36.6 Å². The van der Waals surface area contributed by atoms with Crippen molar-refractivity contribution in [2.24, 2.45) is 0 Å². The van der Waals surface area contributed by atoms with Gasteiger partial charge in [-0.25, -0.2) is 0 Å². The van der Waals surface area contributed by atoms with Gasteiger partial charge in [0.2, 0.25) is 5.91 Å². The minimum absolute atomic E-state index is 0.0103. The Balaban J connectivity index is 1.74. The fourth-order valence-electron chi connectivity index (χ4n) is 3.56. The fourth-order valence-corrected chi connectivity index (χ4v) is 4.61. The summed E-state index contributed by atoms with van der Waals surface area (Å²) in [5, 5.41) is 23.4. The van der Waals surface area contributed by atoms with Crippen LogP contribution in [0.2, 0.25) is 0 Å². The molecule has 34 heavy (non-hydrogen) atoms. The topological polar surface area (TPSA) is 103 Å². The number of nitrogens with one attached hydrogen (secondary N) is 1. The van der Waals surface area contributed by atoms with Crippen LogP contribution in [0.4, 0.5) is 5.69 Å². The van der Waals surface area contributed by atoms with Crippen LogP contribution >= 0.6 is 11.8 Å². The molecule has 8 nitrogen and oxygen atoms in total. The van der Waals surface area contributed by atoms with Gasteiger partial charge >= 0.3 is 0 Å². The number of carbonyl (C=O) groups excluding carboxylic acids is 1. The molecule has 0 aliphatic rings. The Morgan fingerprint density at radius 2 is 1.79 bits per heavy atom. The van der Waals surface area contributed by atoms with Crippen LogP contribution in [-0.4, -0.2) is 25.6 Å². The number of nitro groups is 1. The van der Waals surface area contributed by atoms with Gasteiger partial charge in [-0.3, -0.25) is 19.5 Å². The molecule has 0 atom stereocenters. The highest BCUT2D eigenvalue weighted by molar-refractivity contribution is 7.98. The van der Waals surface area contributed by atoms with Crippen molar-refractivity contribution in [3.63, 3.8) is 0 Å². The average molecular weight is 482 g/mol. The summed E-state index contributed by atoms with van der Waals surface area (Å²) in [6.45, 7) is 4.48. The summed E-state index contributed by atoms with van der Waals surface area (Å²) in [7, 11) is 0. The van der Waals surface area contributed by atoms with Crippen LogP contribution in [0.1, 0.15) is 62.4 Å². The molecular formula is C25H31N5O3S. The van der Waals surface area contributed by atoms with E-state index in [-0.39, 0.29) is 18.1 Å². The molecule has 1 N–H and O–H groups in total. The molecule has 0 unspecified atom stereocenters. The Morgan fingerprint density at radius 3 is 2.50 bits per heavy atom.